The summed E-state index contributed by atoms with van der Waals surface area (Å²) >= 11 is 0. The molecule has 0 spiro atoms. The van der Waals surface area contributed by atoms with E-state index in [1.165, 1.54) is 24.3 Å². The van der Waals surface area contributed by atoms with Gasteiger partial charge in [0.25, 0.3) is 5.91 Å². The Morgan fingerprint density at radius 3 is 2.63 bits per heavy atom. The van der Waals surface area contributed by atoms with Gasteiger partial charge in [0.2, 0.25) is 5.91 Å². The number of aromatic nitrogens is 1. The van der Waals surface area contributed by atoms with Gasteiger partial charge >= 0.3 is 5.97 Å². The van der Waals surface area contributed by atoms with Crippen LogP contribution in [0.15, 0.2) is 77.5 Å². The van der Waals surface area contributed by atoms with Gasteiger partial charge in [-0.2, -0.15) is 0 Å². The number of nitrogens with one attached hydrogen (secondary N) is 1. The lowest BCUT2D eigenvalue weighted by Crippen LogP contribution is -2.32. The number of fused-ring (bicyclic) bond motifs is 4. The molecule has 0 radical (unpaired) electrons. The molecular weight excluding hydrogens is 552 g/mol. The first-order chi connectivity index (χ1) is 20.6. The van der Waals surface area contributed by atoms with Crippen LogP contribution in [-0.4, -0.2) is 27.9 Å². The van der Waals surface area contributed by atoms with Gasteiger partial charge in [-0.1, -0.05) is 29.8 Å². The normalized spacial score (nSPS) is 21.0. The van der Waals surface area contributed by atoms with Crippen molar-refractivity contribution in [3.05, 3.63) is 112 Å². The van der Waals surface area contributed by atoms with Crippen LogP contribution in [0.3, 0.4) is 0 Å². The van der Waals surface area contributed by atoms with Crippen molar-refractivity contribution in [2.24, 2.45) is 23.5 Å². The molecule has 2 aromatic carbocycles. The summed E-state index contributed by atoms with van der Waals surface area (Å²) in [6, 6.07) is 11.4. The molecule has 3 aliphatic carbocycles. The quantitative estimate of drug-likeness (QED) is 0.303. The molecule has 43 heavy (non-hydrogen) atoms. The number of hydrogen-bond acceptors (Lipinski definition) is 4. The van der Waals surface area contributed by atoms with Gasteiger partial charge in [0.05, 0.1) is 22.9 Å². The van der Waals surface area contributed by atoms with E-state index in [1.807, 2.05) is 6.07 Å². The summed E-state index contributed by atoms with van der Waals surface area (Å²) in [6.45, 7) is 1.78. The lowest BCUT2D eigenvalue weighted by Gasteiger charge is -2.24. The summed E-state index contributed by atoms with van der Waals surface area (Å²) in [5, 5.41) is 12.9. The molecule has 0 saturated heterocycles. The number of primary amides is 1. The number of aryl methyl sites for hydroxylation is 1. The number of carbonyl (C=O) groups excluding carboxylic acids is 2. The molecular formula is C34H31F2N3O4. The summed E-state index contributed by atoms with van der Waals surface area (Å²) in [4.78, 5) is 42.2. The van der Waals surface area contributed by atoms with Crippen LogP contribution in [0, 0.1) is 36.3 Å². The highest BCUT2D eigenvalue weighted by Gasteiger charge is 2.47. The third-order valence-corrected chi connectivity index (χ3v) is 8.87. The summed E-state index contributed by atoms with van der Waals surface area (Å²) in [6.07, 6.45) is 6.49. The second kappa shape index (κ2) is 11.2. The van der Waals surface area contributed by atoms with Gasteiger partial charge in [-0.25, -0.2) is 13.6 Å². The van der Waals surface area contributed by atoms with Crippen molar-refractivity contribution in [2.45, 2.75) is 45.1 Å². The Morgan fingerprint density at radius 2 is 1.88 bits per heavy atom. The van der Waals surface area contributed by atoms with Crippen LogP contribution in [-0.2, 0) is 16.0 Å². The lowest BCUT2D eigenvalue weighted by molar-refractivity contribution is -0.132. The average molecular weight is 584 g/mol. The monoisotopic (exact) mass is 583 g/mol. The highest BCUT2D eigenvalue weighted by atomic mass is 19.1. The molecule has 9 heteroatoms. The predicted octanol–water partition coefficient (Wildman–Crippen LogP) is 5.59. The van der Waals surface area contributed by atoms with E-state index in [-0.39, 0.29) is 36.1 Å². The van der Waals surface area contributed by atoms with Crippen LogP contribution in [0.5, 0.6) is 0 Å². The molecule has 2 bridgehead atoms. The maximum Gasteiger partial charge on any atom is 0.335 e. The number of carbonyl (C=O) groups is 3. The Balaban J connectivity index is 1.34. The summed E-state index contributed by atoms with van der Waals surface area (Å²) in [5.74, 6) is -3.07. The first-order valence-corrected chi connectivity index (χ1v) is 14.4. The standard InChI is InChI=1S/C34H31F2N3O4/c1-17-9-18(11-23(35)10-17)12-28(32-24(3-2-8-38-32)19-6-7-27(36)25(14-19)33(37)41)39-29(40)16-22-15-26(34(42)43)31-21-5-4-20(13-21)30(22)31/h2-3,6-11,14-15,20-22,28H,4-5,12-13,16H2,1H3,(H2,37,41)(H,39,40)(H,42,43)/t20?,21?,22?,28-/m0/s1. The van der Waals surface area contributed by atoms with Crippen LogP contribution in [0.1, 0.15) is 58.9 Å². The number of carboxylic acids is 1. The number of benzene rings is 2. The first-order valence-electron chi connectivity index (χ1n) is 14.4. The van der Waals surface area contributed by atoms with Gasteiger partial charge in [-0.3, -0.25) is 14.6 Å². The first kappa shape index (κ1) is 28.5. The van der Waals surface area contributed by atoms with E-state index in [2.05, 4.69) is 10.3 Å². The minimum absolute atomic E-state index is 0.0715. The third kappa shape index (κ3) is 5.47. The van der Waals surface area contributed by atoms with Crippen LogP contribution >= 0.6 is 0 Å². The zero-order valence-electron chi connectivity index (χ0n) is 23.6. The van der Waals surface area contributed by atoms with Gasteiger partial charge in [0.1, 0.15) is 11.6 Å². The molecule has 4 atom stereocenters. The molecule has 2 amide bonds. The summed E-state index contributed by atoms with van der Waals surface area (Å²) in [7, 11) is 0. The van der Waals surface area contributed by atoms with E-state index >= 15 is 0 Å². The number of rotatable bonds is 9. The molecule has 3 aromatic rings. The minimum atomic E-state index is -0.963. The third-order valence-electron chi connectivity index (χ3n) is 8.87. The van der Waals surface area contributed by atoms with Crippen molar-refractivity contribution >= 4 is 17.8 Å². The molecule has 4 N–H and O–H groups in total. The molecule has 1 aromatic heterocycles. The SMILES string of the molecule is Cc1cc(F)cc(C[C@H](NC(=O)CC2C=C(C(=O)O)C3=C2C2CCC3C2)c2ncccc2-c2ccc(F)c(C(N)=O)c2)c1. The smallest absolute Gasteiger partial charge is 0.335 e. The Morgan fingerprint density at radius 1 is 1.09 bits per heavy atom. The average Bonchev–Trinajstić information content (AvgIpc) is 3.66. The van der Waals surface area contributed by atoms with Crippen molar-refractivity contribution in [1.82, 2.24) is 10.3 Å². The molecule has 1 heterocycles. The van der Waals surface area contributed by atoms with Gasteiger partial charge in [0, 0.05) is 24.1 Å². The summed E-state index contributed by atoms with van der Waals surface area (Å²) in [5.41, 5.74) is 10.3. The van der Waals surface area contributed by atoms with Crippen molar-refractivity contribution in [1.29, 1.82) is 0 Å². The molecule has 3 aliphatic rings. The Hall–Kier alpha value is -4.66. The van der Waals surface area contributed by atoms with E-state index in [1.54, 1.807) is 31.3 Å². The second-order valence-electron chi connectivity index (χ2n) is 11.7. The number of aliphatic carboxylic acids is 1. The van der Waals surface area contributed by atoms with Crippen LogP contribution < -0.4 is 11.1 Å². The maximum absolute atomic E-state index is 14.4. The van der Waals surface area contributed by atoms with E-state index in [9.17, 15) is 28.3 Å². The van der Waals surface area contributed by atoms with Crippen molar-refractivity contribution in [3.8, 4) is 11.1 Å². The number of nitrogens with two attached hydrogens (primary N) is 1. The zero-order chi connectivity index (χ0) is 30.4. The van der Waals surface area contributed by atoms with Crippen LogP contribution in [0.2, 0.25) is 0 Å². The molecule has 0 aliphatic heterocycles. The highest BCUT2D eigenvalue weighted by molar-refractivity contribution is 5.95. The van der Waals surface area contributed by atoms with E-state index in [0.717, 1.165) is 42.0 Å². The highest BCUT2D eigenvalue weighted by Crippen LogP contribution is 2.57. The fourth-order valence-electron chi connectivity index (χ4n) is 7.25. The number of pyridine rings is 1. The largest absolute Gasteiger partial charge is 0.478 e. The van der Waals surface area contributed by atoms with E-state index < -0.39 is 29.6 Å². The zero-order valence-corrected chi connectivity index (χ0v) is 23.6. The van der Waals surface area contributed by atoms with Crippen LogP contribution in [0.25, 0.3) is 11.1 Å². The molecule has 220 valence electrons. The topological polar surface area (TPSA) is 122 Å². The number of carboxylic acid groups (broad SMARTS) is 1. The fourth-order valence-corrected chi connectivity index (χ4v) is 7.25. The second-order valence-corrected chi connectivity index (χ2v) is 11.7. The van der Waals surface area contributed by atoms with Gasteiger partial charge in [-0.05, 0) is 97.0 Å². The van der Waals surface area contributed by atoms with E-state index in [0.29, 0.717) is 33.9 Å². The van der Waals surface area contributed by atoms with Gasteiger partial charge in [-0.15, -0.1) is 0 Å². The number of nitrogens with zero attached hydrogens (tertiary/aromatic N) is 1. The Bertz CT molecular complexity index is 1710. The Kier molecular flexibility index (Phi) is 7.42. The van der Waals surface area contributed by atoms with Crippen LogP contribution in [0.4, 0.5) is 8.78 Å². The molecule has 6 rings (SSSR count). The number of hydrogen-bond donors (Lipinski definition) is 3. The number of allylic oxidation sites excluding steroid dienone is 2. The lowest BCUT2D eigenvalue weighted by atomic mass is 9.85. The number of amides is 2. The predicted molar refractivity (Wildman–Crippen MR) is 156 cm³/mol. The van der Waals surface area contributed by atoms with Gasteiger partial charge in [0.15, 0.2) is 0 Å². The molecule has 1 saturated carbocycles. The molecule has 1 fully saturated rings. The maximum atomic E-state index is 14.4. The van der Waals surface area contributed by atoms with Crippen molar-refractivity contribution in [2.75, 3.05) is 0 Å². The number of halogens is 2. The molecule has 7 nitrogen and oxygen atoms in total. The Labute approximate surface area is 247 Å². The van der Waals surface area contributed by atoms with E-state index in [4.69, 9.17) is 5.73 Å². The van der Waals surface area contributed by atoms with Crippen molar-refractivity contribution in [3.63, 3.8) is 0 Å². The van der Waals surface area contributed by atoms with Crippen molar-refractivity contribution < 1.29 is 28.3 Å². The summed E-state index contributed by atoms with van der Waals surface area (Å²) < 4.78 is 28.7. The minimum Gasteiger partial charge on any atom is -0.478 e. The van der Waals surface area contributed by atoms with Gasteiger partial charge < -0.3 is 16.2 Å². The molecule has 3 unspecified atom stereocenters. The fraction of sp³-hybridized carbons (Fsp3) is 0.294.